The third-order valence-electron chi connectivity index (χ3n) is 6.64. The van der Waals surface area contributed by atoms with Crippen LogP contribution in [0.2, 0.25) is 10.0 Å². The number of halogens is 2. The van der Waals surface area contributed by atoms with Crippen molar-refractivity contribution in [3.63, 3.8) is 0 Å². The van der Waals surface area contributed by atoms with Crippen molar-refractivity contribution in [2.45, 2.75) is 12.1 Å². The second-order valence-corrected chi connectivity index (χ2v) is 9.13. The van der Waals surface area contributed by atoms with Crippen molar-refractivity contribution in [3.05, 3.63) is 94.0 Å². The number of Topliss-reactive ketones (excluding diaryl/α,β-unsaturated/α-hetero) is 1. The zero-order chi connectivity index (χ0) is 22.9. The zero-order valence-corrected chi connectivity index (χ0v) is 18.5. The molecule has 2 saturated heterocycles. The summed E-state index contributed by atoms with van der Waals surface area (Å²) < 4.78 is 5.37. The van der Waals surface area contributed by atoms with Gasteiger partial charge in [0.15, 0.2) is 5.76 Å². The Hall–Kier alpha value is -3.35. The predicted octanol–water partition coefficient (Wildman–Crippen LogP) is 4.98. The van der Waals surface area contributed by atoms with Crippen molar-refractivity contribution in [3.8, 4) is 0 Å². The maximum atomic E-state index is 13.8. The van der Waals surface area contributed by atoms with E-state index in [1.165, 1.54) is 12.3 Å². The van der Waals surface area contributed by atoms with Crippen LogP contribution in [0.3, 0.4) is 0 Å². The summed E-state index contributed by atoms with van der Waals surface area (Å²) in [5.74, 6) is -2.67. The number of carbonyl (C=O) groups excluding carboxylic acids is 3. The second-order valence-electron chi connectivity index (χ2n) is 8.28. The molecule has 0 N–H and O–H groups in total. The van der Waals surface area contributed by atoms with Crippen LogP contribution >= 0.6 is 23.2 Å². The van der Waals surface area contributed by atoms with Gasteiger partial charge in [0.1, 0.15) is 6.04 Å². The number of hydrogen-bond donors (Lipinski definition) is 0. The minimum atomic E-state index is -0.886. The first kappa shape index (κ1) is 20.3. The van der Waals surface area contributed by atoms with Gasteiger partial charge in [-0.05, 0) is 47.5 Å². The highest BCUT2D eigenvalue weighted by Gasteiger charge is 2.65. The summed E-state index contributed by atoms with van der Waals surface area (Å²) in [5, 5.41) is 0.588. The lowest BCUT2D eigenvalue weighted by Gasteiger charge is -2.35. The van der Waals surface area contributed by atoms with Gasteiger partial charge >= 0.3 is 0 Å². The largest absolute Gasteiger partial charge is 0.461 e. The standard InChI is InChI=1S/C25H16Cl2N2O4/c26-14-7-8-17(16(27)12-14)29-24(31)19-20(25(29)32)22(23(30)18-6-3-11-33-18)28-10-9-13-4-1-2-5-15(13)21(19)28/h1-12,19-22H/t19-,20+,21+,22-/m0/s1. The fraction of sp³-hybridized carbons (Fsp3) is 0.160. The fourth-order valence-electron chi connectivity index (χ4n) is 5.32. The molecule has 6 nitrogen and oxygen atoms in total. The van der Waals surface area contributed by atoms with Crippen LogP contribution in [0.4, 0.5) is 5.69 Å². The van der Waals surface area contributed by atoms with Crippen molar-refractivity contribution in [2.24, 2.45) is 11.8 Å². The molecule has 0 unspecified atom stereocenters. The number of hydrogen-bond acceptors (Lipinski definition) is 5. The van der Waals surface area contributed by atoms with Crippen molar-refractivity contribution in [2.75, 3.05) is 4.90 Å². The Bertz CT molecular complexity index is 1350. The number of ketones is 1. The highest BCUT2D eigenvalue weighted by molar-refractivity contribution is 6.38. The van der Waals surface area contributed by atoms with Gasteiger partial charge in [-0.15, -0.1) is 0 Å². The van der Waals surface area contributed by atoms with Gasteiger partial charge in [0.05, 0.1) is 34.9 Å². The number of carbonyl (C=O) groups is 3. The Morgan fingerprint density at radius 3 is 2.48 bits per heavy atom. The summed E-state index contributed by atoms with van der Waals surface area (Å²) in [5.41, 5.74) is 2.11. The lowest BCUT2D eigenvalue weighted by molar-refractivity contribution is -0.123. The van der Waals surface area contributed by atoms with Crippen molar-refractivity contribution in [1.29, 1.82) is 0 Å². The van der Waals surface area contributed by atoms with Crippen LogP contribution in [0, 0.1) is 11.8 Å². The molecule has 3 aliphatic rings. The maximum Gasteiger partial charge on any atom is 0.240 e. The van der Waals surface area contributed by atoms with Crippen molar-refractivity contribution >= 4 is 52.6 Å². The van der Waals surface area contributed by atoms with E-state index in [0.29, 0.717) is 5.02 Å². The van der Waals surface area contributed by atoms with Crippen LogP contribution in [-0.2, 0) is 9.59 Å². The summed E-state index contributed by atoms with van der Waals surface area (Å²) in [6.07, 6.45) is 5.12. The van der Waals surface area contributed by atoms with Crippen LogP contribution in [0.15, 0.2) is 71.5 Å². The van der Waals surface area contributed by atoms with E-state index in [9.17, 15) is 14.4 Å². The second kappa shape index (κ2) is 7.33. The molecule has 2 aromatic carbocycles. The Kier molecular flexibility index (Phi) is 4.50. The molecule has 0 saturated carbocycles. The lowest BCUT2D eigenvalue weighted by atomic mass is 9.84. The fourth-order valence-corrected chi connectivity index (χ4v) is 5.81. The van der Waals surface area contributed by atoms with Gasteiger partial charge in [-0.3, -0.25) is 14.4 Å². The first-order chi connectivity index (χ1) is 16.0. The molecule has 33 heavy (non-hydrogen) atoms. The normalized spacial score (nSPS) is 25.3. The number of imide groups is 1. The first-order valence-corrected chi connectivity index (χ1v) is 11.2. The maximum absolute atomic E-state index is 13.8. The summed E-state index contributed by atoms with van der Waals surface area (Å²) in [7, 11) is 0. The number of fused-ring (bicyclic) bond motifs is 5. The van der Waals surface area contributed by atoms with Gasteiger partial charge in [0, 0.05) is 11.2 Å². The van der Waals surface area contributed by atoms with E-state index in [0.717, 1.165) is 16.0 Å². The van der Waals surface area contributed by atoms with Crippen molar-refractivity contribution < 1.29 is 18.8 Å². The highest BCUT2D eigenvalue weighted by atomic mass is 35.5. The molecule has 1 aromatic heterocycles. The Balaban J connectivity index is 1.51. The highest BCUT2D eigenvalue weighted by Crippen LogP contribution is 2.54. The molecule has 0 aliphatic carbocycles. The number of nitrogens with zero attached hydrogens (tertiary/aromatic N) is 2. The number of rotatable bonds is 3. The van der Waals surface area contributed by atoms with E-state index in [2.05, 4.69) is 0 Å². The summed E-state index contributed by atoms with van der Waals surface area (Å²) in [4.78, 5) is 44.0. The molecule has 8 heteroatoms. The molecule has 6 rings (SSSR count). The number of anilines is 1. The number of furan rings is 1. The first-order valence-electron chi connectivity index (χ1n) is 10.4. The van der Waals surface area contributed by atoms with E-state index in [-0.39, 0.29) is 28.2 Å². The molecule has 4 heterocycles. The molecule has 3 aliphatic heterocycles. The SMILES string of the molecule is O=C(c1ccco1)[C@@H]1[C@@H]2C(=O)N(c3ccc(Cl)cc3Cl)C(=O)[C@@H]2[C@H]2c3ccccc3C=CN12. The van der Waals surface area contributed by atoms with E-state index in [1.807, 2.05) is 35.2 Å². The monoisotopic (exact) mass is 478 g/mol. The summed E-state index contributed by atoms with van der Waals surface area (Å²) in [6.45, 7) is 0. The number of amides is 2. The topological polar surface area (TPSA) is 70.8 Å². The van der Waals surface area contributed by atoms with Crippen LogP contribution in [0.5, 0.6) is 0 Å². The van der Waals surface area contributed by atoms with Gasteiger partial charge < -0.3 is 9.32 Å². The average Bonchev–Trinajstić information content (AvgIpc) is 3.51. The Labute approximate surface area is 199 Å². The van der Waals surface area contributed by atoms with Crippen LogP contribution in [0.1, 0.15) is 27.7 Å². The predicted molar refractivity (Wildman–Crippen MR) is 123 cm³/mol. The molecular weight excluding hydrogens is 463 g/mol. The van der Waals surface area contributed by atoms with Gasteiger partial charge in [-0.1, -0.05) is 47.5 Å². The van der Waals surface area contributed by atoms with Gasteiger partial charge in [-0.25, -0.2) is 4.90 Å². The molecule has 0 spiro atoms. The molecule has 2 amide bonds. The molecule has 164 valence electrons. The van der Waals surface area contributed by atoms with Gasteiger partial charge in [-0.2, -0.15) is 0 Å². The Morgan fingerprint density at radius 2 is 1.73 bits per heavy atom. The van der Waals surface area contributed by atoms with Crippen molar-refractivity contribution in [1.82, 2.24) is 4.90 Å². The minimum Gasteiger partial charge on any atom is -0.461 e. The minimum absolute atomic E-state index is 0.148. The molecular formula is C25H16Cl2N2O4. The number of benzene rings is 2. The quantitative estimate of drug-likeness (QED) is 0.391. The van der Waals surface area contributed by atoms with E-state index in [1.54, 1.807) is 30.5 Å². The molecule has 4 atom stereocenters. The molecule has 0 radical (unpaired) electrons. The van der Waals surface area contributed by atoms with Crippen LogP contribution in [-0.4, -0.2) is 28.5 Å². The summed E-state index contributed by atoms with van der Waals surface area (Å²) >= 11 is 12.4. The Morgan fingerprint density at radius 1 is 0.939 bits per heavy atom. The molecule has 2 fully saturated rings. The third kappa shape index (κ3) is 2.84. The van der Waals surface area contributed by atoms with E-state index < -0.39 is 29.8 Å². The van der Waals surface area contributed by atoms with E-state index >= 15 is 0 Å². The van der Waals surface area contributed by atoms with Crippen LogP contribution in [0.25, 0.3) is 6.08 Å². The lowest BCUT2D eigenvalue weighted by Crippen LogP contribution is -2.44. The molecule has 3 aromatic rings. The van der Waals surface area contributed by atoms with Gasteiger partial charge in [0.25, 0.3) is 0 Å². The third-order valence-corrected chi connectivity index (χ3v) is 7.18. The van der Waals surface area contributed by atoms with Crippen LogP contribution < -0.4 is 4.90 Å². The van der Waals surface area contributed by atoms with E-state index in [4.69, 9.17) is 27.6 Å². The van der Waals surface area contributed by atoms with Gasteiger partial charge in [0.2, 0.25) is 17.6 Å². The average molecular weight is 479 g/mol. The molecule has 0 bridgehead atoms. The zero-order valence-electron chi connectivity index (χ0n) is 17.0. The summed E-state index contributed by atoms with van der Waals surface area (Å²) in [6, 6.07) is 14.2. The smallest absolute Gasteiger partial charge is 0.240 e.